The molecule has 0 atom stereocenters. The normalized spacial score (nSPS) is 11.0. The Hall–Kier alpha value is -3.39. The minimum absolute atomic E-state index is 0.233. The summed E-state index contributed by atoms with van der Waals surface area (Å²) in [5.41, 5.74) is 2.39. The van der Waals surface area contributed by atoms with E-state index in [1.54, 1.807) is 37.6 Å². The zero-order valence-corrected chi connectivity index (χ0v) is 17.4. The summed E-state index contributed by atoms with van der Waals surface area (Å²) in [6, 6.07) is 9.94. The fraction of sp³-hybridized carbons (Fsp3) is 0.190. The van der Waals surface area contributed by atoms with Gasteiger partial charge in [-0.1, -0.05) is 17.7 Å². The molecular weight excluding hydrogens is 409 g/mol. The summed E-state index contributed by atoms with van der Waals surface area (Å²) in [6.07, 6.45) is 1.57. The number of methoxy groups -OCH3 is 2. The Bertz CT molecular complexity index is 1210. The Morgan fingerprint density at radius 2 is 1.90 bits per heavy atom. The van der Waals surface area contributed by atoms with Gasteiger partial charge < -0.3 is 14.4 Å². The standard InChI is InChI=1S/C21H19ClFN5O2/c1-4-28(15-9-8-12(22)10-17(15)30-3)21-25-14-11-24-27-19(14)20(26-21)18-13(23)6-5-7-16(18)29-2/h5-11H,4H2,1-3H3,(H,24,27). The lowest BCUT2D eigenvalue weighted by molar-refractivity contribution is 0.413. The number of fused-ring (bicyclic) bond motifs is 1. The average Bonchev–Trinajstić information content (AvgIpc) is 3.23. The number of hydrogen-bond acceptors (Lipinski definition) is 6. The van der Waals surface area contributed by atoms with Crippen LogP contribution in [0.3, 0.4) is 0 Å². The Balaban J connectivity index is 1.96. The third-order valence-corrected chi connectivity index (χ3v) is 4.95. The number of aromatic amines is 1. The van der Waals surface area contributed by atoms with Gasteiger partial charge in [0, 0.05) is 17.6 Å². The van der Waals surface area contributed by atoms with Gasteiger partial charge in [0.1, 0.15) is 34.0 Å². The second-order valence-corrected chi connectivity index (χ2v) is 6.82. The van der Waals surface area contributed by atoms with Crippen molar-refractivity contribution in [1.82, 2.24) is 20.2 Å². The van der Waals surface area contributed by atoms with Crippen LogP contribution >= 0.6 is 11.6 Å². The van der Waals surface area contributed by atoms with E-state index in [2.05, 4.69) is 15.2 Å². The largest absolute Gasteiger partial charge is 0.496 e. The molecule has 0 aliphatic heterocycles. The van der Waals surface area contributed by atoms with Crippen molar-refractivity contribution in [3.8, 4) is 22.8 Å². The topological polar surface area (TPSA) is 76.2 Å². The molecule has 0 bridgehead atoms. The smallest absolute Gasteiger partial charge is 0.231 e. The fourth-order valence-corrected chi connectivity index (χ4v) is 3.49. The molecule has 2 aromatic heterocycles. The van der Waals surface area contributed by atoms with Crippen molar-refractivity contribution in [2.45, 2.75) is 6.92 Å². The molecule has 0 unspecified atom stereocenters. The highest BCUT2D eigenvalue weighted by atomic mass is 35.5. The number of aromatic nitrogens is 4. The lowest BCUT2D eigenvalue weighted by Crippen LogP contribution is -2.20. The second-order valence-electron chi connectivity index (χ2n) is 6.38. The molecule has 4 aromatic rings. The quantitative estimate of drug-likeness (QED) is 0.467. The molecule has 4 rings (SSSR count). The van der Waals surface area contributed by atoms with Crippen LogP contribution in [0.5, 0.6) is 11.5 Å². The van der Waals surface area contributed by atoms with E-state index in [0.29, 0.717) is 45.7 Å². The number of rotatable bonds is 6. The summed E-state index contributed by atoms with van der Waals surface area (Å²) in [5, 5.41) is 7.48. The molecule has 0 saturated heterocycles. The van der Waals surface area contributed by atoms with E-state index in [9.17, 15) is 4.39 Å². The molecule has 0 aliphatic rings. The van der Waals surface area contributed by atoms with Crippen LogP contribution in [0, 0.1) is 5.82 Å². The van der Waals surface area contributed by atoms with Crippen LogP contribution in [0.1, 0.15) is 6.92 Å². The highest BCUT2D eigenvalue weighted by molar-refractivity contribution is 6.30. The van der Waals surface area contributed by atoms with Gasteiger partial charge in [0.25, 0.3) is 0 Å². The first-order valence-electron chi connectivity index (χ1n) is 9.22. The van der Waals surface area contributed by atoms with E-state index in [-0.39, 0.29) is 5.56 Å². The first kappa shape index (κ1) is 19.9. The lowest BCUT2D eigenvalue weighted by Gasteiger charge is -2.24. The third-order valence-electron chi connectivity index (χ3n) is 4.71. The van der Waals surface area contributed by atoms with Gasteiger partial charge in [-0.2, -0.15) is 5.10 Å². The van der Waals surface area contributed by atoms with E-state index < -0.39 is 5.82 Å². The molecule has 9 heteroatoms. The zero-order valence-electron chi connectivity index (χ0n) is 16.6. The SMILES string of the molecule is CCN(c1nc(-c2c(F)cccc2OC)c2[nH]ncc2n1)c1ccc(Cl)cc1OC. The molecule has 2 aromatic carbocycles. The van der Waals surface area contributed by atoms with Crippen molar-refractivity contribution in [2.75, 3.05) is 25.7 Å². The molecule has 0 saturated carbocycles. The van der Waals surface area contributed by atoms with Gasteiger partial charge >= 0.3 is 0 Å². The second kappa shape index (κ2) is 8.16. The molecule has 0 spiro atoms. The molecule has 0 amide bonds. The van der Waals surface area contributed by atoms with Gasteiger partial charge in [0.05, 0.1) is 31.7 Å². The van der Waals surface area contributed by atoms with E-state index in [1.807, 2.05) is 17.9 Å². The summed E-state index contributed by atoms with van der Waals surface area (Å²) in [5.74, 6) is 0.849. The maximum atomic E-state index is 14.8. The van der Waals surface area contributed by atoms with E-state index in [4.69, 9.17) is 26.1 Å². The fourth-order valence-electron chi connectivity index (χ4n) is 3.33. The van der Waals surface area contributed by atoms with Crippen molar-refractivity contribution in [1.29, 1.82) is 0 Å². The number of halogens is 2. The van der Waals surface area contributed by atoms with Crippen molar-refractivity contribution in [3.63, 3.8) is 0 Å². The molecule has 1 N–H and O–H groups in total. The minimum atomic E-state index is -0.456. The number of hydrogen-bond donors (Lipinski definition) is 1. The highest BCUT2D eigenvalue weighted by Crippen LogP contribution is 2.38. The summed E-state index contributed by atoms with van der Waals surface area (Å²) >= 11 is 6.11. The van der Waals surface area contributed by atoms with Crippen molar-refractivity contribution < 1.29 is 13.9 Å². The predicted octanol–water partition coefficient (Wildman–Crippen LogP) is 4.99. The minimum Gasteiger partial charge on any atom is -0.496 e. The molecule has 0 fully saturated rings. The number of ether oxygens (including phenoxy) is 2. The summed E-state index contributed by atoms with van der Waals surface area (Å²) in [7, 11) is 3.06. The Morgan fingerprint density at radius 1 is 1.10 bits per heavy atom. The van der Waals surface area contributed by atoms with Crippen molar-refractivity contribution >= 4 is 34.3 Å². The monoisotopic (exact) mass is 427 g/mol. The van der Waals surface area contributed by atoms with Crippen molar-refractivity contribution in [2.24, 2.45) is 0 Å². The highest BCUT2D eigenvalue weighted by Gasteiger charge is 2.22. The number of H-pyrrole nitrogens is 1. The zero-order chi connectivity index (χ0) is 21.3. The number of benzene rings is 2. The summed E-state index contributed by atoms with van der Waals surface area (Å²) in [4.78, 5) is 11.2. The predicted molar refractivity (Wildman–Crippen MR) is 114 cm³/mol. The Labute approximate surface area is 177 Å². The first-order chi connectivity index (χ1) is 14.6. The number of nitrogens with zero attached hydrogens (tertiary/aromatic N) is 4. The van der Waals surface area contributed by atoms with Crippen molar-refractivity contribution in [3.05, 3.63) is 53.4 Å². The van der Waals surface area contributed by atoms with Gasteiger partial charge in [-0.3, -0.25) is 5.10 Å². The van der Waals surface area contributed by atoms with Crippen LogP contribution < -0.4 is 14.4 Å². The van der Waals surface area contributed by atoms with Gasteiger partial charge in [0.15, 0.2) is 0 Å². The van der Waals surface area contributed by atoms with Crippen LogP contribution in [0.15, 0.2) is 42.6 Å². The third kappa shape index (κ3) is 3.39. The van der Waals surface area contributed by atoms with Gasteiger partial charge in [-0.15, -0.1) is 0 Å². The molecular formula is C21H19ClFN5O2. The summed E-state index contributed by atoms with van der Waals surface area (Å²) in [6.45, 7) is 2.50. The summed E-state index contributed by atoms with van der Waals surface area (Å²) < 4.78 is 25.7. The van der Waals surface area contributed by atoms with Crippen LogP contribution in [-0.2, 0) is 0 Å². The average molecular weight is 428 g/mol. The van der Waals surface area contributed by atoms with Crippen LogP contribution in [0.2, 0.25) is 5.02 Å². The molecule has 2 heterocycles. The van der Waals surface area contributed by atoms with Crippen LogP contribution in [-0.4, -0.2) is 40.9 Å². The Kier molecular flexibility index (Phi) is 5.41. The molecule has 0 radical (unpaired) electrons. The van der Waals surface area contributed by atoms with Gasteiger partial charge in [0.2, 0.25) is 5.95 Å². The van der Waals surface area contributed by atoms with Gasteiger partial charge in [-0.25, -0.2) is 14.4 Å². The van der Waals surface area contributed by atoms with Crippen LogP contribution in [0.4, 0.5) is 16.0 Å². The molecule has 7 nitrogen and oxygen atoms in total. The number of anilines is 2. The van der Waals surface area contributed by atoms with E-state index in [0.717, 1.165) is 5.69 Å². The lowest BCUT2D eigenvalue weighted by atomic mass is 10.1. The van der Waals surface area contributed by atoms with E-state index >= 15 is 0 Å². The van der Waals surface area contributed by atoms with Crippen LogP contribution in [0.25, 0.3) is 22.3 Å². The molecule has 154 valence electrons. The Morgan fingerprint density at radius 3 is 2.63 bits per heavy atom. The first-order valence-corrected chi connectivity index (χ1v) is 9.60. The van der Waals surface area contributed by atoms with Gasteiger partial charge in [-0.05, 0) is 31.2 Å². The maximum Gasteiger partial charge on any atom is 0.231 e. The molecule has 0 aliphatic carbocycles. The maximum absolute atomic E-state index is 14.8. The molecule has 30 heavy (non-hydrogen) atoms. The van der Waals surface area contributed by atoms with E-state index in [1.165, 1.54) is 13.2 Å². The number of nitrogens with one attached hydrogen (secondary N) is 1.